The first-order valence-corrected chi connectivity index (χ1v) is 12.1. The Kier molecular flexibility index (Phi) is 6.47. The minimum absolute atomic E-state index is 0.00527. The lowest BCUT2D eigenvalue weighted by molar-refractivity contribution is -0.138. The summed E-state index contributed by atoms with van der Waals surface area (Å²) in [5, 5.41) is 0. The van der Waals surface area contributed by atoms with Crippen LogP contribution in [0.15, 0.2) is 65.5 Å². The lowest BCUT2D eigenvalue weighted by Crippen LogP contribution is -2.40. The van der Waals surface area contributed by atoms with Crippen molar-refractivity contribution in [1.29, 1.82) is 0 Å². The fourth-order valence-electron chi connectivity index (χ4n) is 5.47. The summed E-state index contributed by atoms with van der Waals surface area (Å²) in [7, 11) is 1.47. The molecular formula is C28H27F4N3O2. The monoisotopic (exact) mass is 513 g/mol. The van der Waals surface area contributed by atoms with E-state index in [2.05, 4.69) is 0 Å². The quantitative estimate of drug-likeness (QED) is 0.300. The maximum absolute atomic E-state index is 14.8. The molecule has 1 unspecified atom stereocenters. The Morgan fingerprint density at radius 1 is 1.03 bits per heavy atom. The van der Waals surface area contributed by atoms with Crippen LogP contribution in [-0.2, 0) is 12.7 Å². The van der Waals surface area contributed by atoms with Crippen LogP contribution >= 0.6 is 0 Å². The third-order valence-electron chi connectivity index (χ3n) is 7.08. The predicted molar refractivity (Wildman–Crippen MR) is 135 cm³/mol. The zero-order chi connectivity index (χ0) is 26.3. The summed E-state index contributed by atoms with van der Waals surface area (Å²) in [4.78, 5) is 15.8. The van der Waals surface area contributed by atoms with Gasteiger partial charge in [0, 0.05) is 13.1 Å². The second-order valence-electron chi connectivity index (χ2n) is 9.37. The number of nitrogens with zero attached hydrogens (tertiary/aromatic N) is 3. The smallest absolute Gasteiger partial charge is 0.416 e. The van der Waals surface area contributed by atoms with E-state index >= 15 is 0 Å². The van der Waals surface area contributed by atoms with Crippen LogP contribution in [-0.4, -0.2) is 29.3 Å². The van der Waals surface area contributed by atoms with Crippen molar-refractivity contribution in [1.82, 2.24) is 9.13 Å². The van der Waals surface area contributed by atoms with Crippen LogP contribution in [0, 0.1) is 12.7 Å². The molecule has 1 aliphatic rings. The molecule has 9 heteroatoms. The van der Waals surface area contributed by atoms with E-state index < -0.39 is 17.4 Å². The van der Waals surface area contributed by atoms with Crippen molar-refractivity contribution in [3.8, 4) is 5.75 Å². The number of piperidine rings is 1. The third-order valence-corrected chi connectivity index (χ3v) is 7.08. The molecule has 1 atom stereocenters. The van der Waals surface area contributed by atoms with Gasteiger partial charge in [-0.2, -0.15) is 13.2 Å². The van der Waals surface area contributed by atoms with Gasteiger partial charge in [-0.15, -0.1) is 0 Å². The van der Waals surface area contributed by atoms with Crippen LogP contribution in [0.4, 0.5) is 23.2 Å². The van der Waals surface area contributed by atoms with E-state index in [1.54, 1.807) is 28.8 Å². The van der Waals surface area contributed by atoms with Crippen LogP contribution in [0.3, 0.4) is 0 Å². The van der Waals surface area contributed by atoms with Crippen LogP contribution in [0.1, 0.15) is 35.6 Å². The Morgan fingerprint density at radius 2 is 1.78 bits per heavy atom. The molecule has 5 rings (SSSR count). The first-order chi connectivity index (χ1) is 17.7. The molecule has 37 heavy (non-hydrogen) atoms. The normalized spacial score (nSPS) is 16.4. The molecule has 0 radical (unpaired) electrons. The molecule has 3 aromatic carbocycles. The summed E-state index contributed by atoms with van der Waals surface area (Å²) in [6, 6.07) is 15.1. The van der Waals surface area contributed by atoms with Crippen LogP contribution in [0.2, 0.25) is 0 Å². The number of methoxy groups -OCH3 is 1. The first-order valence-electron chi connectivity index (χ1n) is 12.1. The molecule has 0 bridgehead atoms. The zero-order valence-corrected chi connectivity index (χ0v) is 20.6. The number of benzene rings is 3. The number of fused-ring (bicyclic) bond motifs is 1. The molecule has 0 spiro atoms. The van der Waals surface area contributed by atoms with E-state index in [1.165, 1.54) is 35.9 Å². The second kappa shape index (κ2) is 9.61. The number of hydrogen-bond acceptors (Lipinski definition) is 3. The molecule has 4 aromatic rings. The Hall–Kier alpha value is -3.75. The van der Waals surface area contributed by atoms with E-state index in [-0.39, 0.29) is 24.0 Å². The number of ether oxygens (including phenoxy) is 1. The molecule has 1 aliphatic heterocycles. The number of rotatable bonds is 5. The maximum Gasteiger partial charge on any atom is 0.416 e. The van der Waals surface area contributed by atoms with Gasteiger partial charge in [-0.25, -0.2) is 9.18 Å². The summed E-state index contributed by atoms with van der Waals surface area (Å²) >= 11 is 0. The second-order valence-corrected chi connectivity index (χ2v) is 9.37. The lowest BCUT2D eigenvalue weighted by Gasteiger charge is -2.36. The van der Waals surface area contributed by atoms with Crippen LogP contribution < -0.4 is 15.3 Å². The van der Waals surface area contributed by atoms with Crippen molar-refractivity contribution in [2.45, 2.75) is 38.5 Å². The molecule has 0 aliphatic carbocycles. The number of para-hydroxylation sites is 2. The van der Waals surface area contributed by atoms with Crippen molar-refractivity contribution < 1.29 is 22.3 Å². The van der Waals surface area contributed by atoms with Gasteiger partial charge in [-0.1, -0.05) is 36.4 Å². The van der Waals surface area contributed by atoms with Crippen LogP contribution in [0.25, 0.3) is 11.0 Å². The number of imidazole rings is 1. The Morgan fingerprint density at radius 3 is 2.51 bits per heavy atom. The molecule has 1 saturated heterocycles. The Labute approximate surface area is 211 Å². The zero-order valence-electron chi connectivity index (χ0n) is 20.6. The number of aryl methyl sites for hydroxylation is 1. The largest absolute Gasteiger partial charge is 0.494 e. The summed E-state index contributed by atoms with van der Waals surface area (Å²) in [6.45, 7) is 2.63. The van der Waals surface area contributed by atoms with E-state index in [0.717, 1.165) is 18.1 Å². The standard InChI is InChI=1S/C28H27F4N3O2/c1-18-8-5-12-22(29)25(18)33-15-7-10-20(17-33)35-23-13-6-14-24(37-2)26(23)34(27(35)36)16-19-9-3-4-11-21(19)28(30,31)32/h3-6,8-9,11-14,20H,7,10,15-17H2,1-2H3. The molecule has 0 N–H and O–H groups in total. The third kappa shape index (κ3) is 4.47. The summed E-state index contributed by atoms with van der Waals surface area (Å²) < 4.78 is 64.4. The van der Waals surface area contributed by atoms with Gasteiger partial charge in [0.1, 0.15) is 17.1 Å². The minimum Gasteiger partial charge on any atom is -0.494 e. The van der Waals surface area contributed by atoms with Crippen LogP contribution in [0.5, 0.6) is 5.75 Å². The average Bonchev–Trinajstić information content (AvgIpc) is 3.15. The summed E-state index contributed by atoms with van der Waals surface area (Å²) in [6.07, 6.45) is -3.14. The lowest BCUT2D eigenvalue weighted by atomic mass is 10.0. The van der Waals surface area contributed by atoms with Crippen molar-refractivity contribution in [2.24, 2.45) is 0 Å². The average molecular weight is 514 g/mol. The summed E-state index contributed by atoms with van der Waals surface area (Å²) in [5.74, 6) is 0.0799. The predicted octanol–water partition coefficient (Wildman–Crippen LogP) is 6.17. The fraction of sp³-hybridized carbons (Fsp3) is 0.321. The highest BCUT2D eigenvalue weighted by molar-refractivity contribution is 5.83. The summed E-state index contributed by atoms with van der Waals surface area (Å²) in [5.41, 5.74) is 1.12. The Bertz CT molecular complexity index is 1490. The molecule has 5 nitrogen and oxygen atoms in total. The number of hydrogen-bond donors (Lipinski definition) is 0. The highest BCUT2D eigenvalue weighted by Crippen LogP contribution is 2.35. The molecule has 0 saturated carbocycles. The van der Waals surface area contributed by atoms with Gasteiger partial charge >= 0.3 is 11.9 Å². The number of anilines is 1. The van der Waals surface area contributed by atoms with Crippen molar-refractivity contribution in [3.63, 3.8) is 0 Å². The Balaban J connectivity index is 1.63. The highest BCUT2D eigenvalue weighted by Gasteiger charge is 2.34. The highest BCUT2D eigenvalue weighted by atomic mass is 19.4. The molecule has 0 amide bonds. The van der Waals surface area contributed by atoms with E-state index in [0.29, 0.717) is 42.0 Å². The van der Waals surface area contributed by atoms with E-state index in [1.807, 2.05) is 17.9 Å². The van der Waals surface area contributed by atoms with Gasteiger partial charge in [0.25, 0.3) is 0 Å². The molecule has 194 valence electrons. The van der Waals surface area contributed by atoms with Gasteiger partial charge in [-0.05, 0) is 55.2 Å². The van der Waals surface area contributed by atoms with Crippen molar-refractivity contribution in [3.05, 3.63) is 93.7 Å². The molecule has 1 fully saturated rings. The SMILES string of the molecule is COc1cccc2c1n(Cc1ccccc1C(F)(F)F)c(=O)n2C1CCCN(c2c(C)cccc2F)C1. The fourth-order valence-corrected chi connectivity index (χ4v) is 5.47. The van der Waals surface area contributed by atoms with E-state index in [4.69, 9.17) is 4.74 Å². The maximum atomic E-state index is 14.8. The van der Waals surface area contributed by atoms with Gasteiger partial charge in [-0.3, -0.25) is 9.13 Å². The minimum atomic E-state index is -4.55. The van der Waals surface area contributed by atoms with Crippen molar-refractivity contribution >= 4 is 16.7 Å². The van der Waals surface area contributed by atoms with E-state index in [9.17, 15) is 22.4 Å². The van der Waals surface area contributed by atoms with Gasteiger partial charge < -0.3 is 9.64 Å². The molecular weight excluding hydrogens is 486 g/mol. The number of aromatic nitrogens is 2. The molecule has 2 heterocycles. The van der Waals surface area contributed by atoms with Gasteiger partial charge in [0.2, 0.25) is 0 Å². The topological polar surface area (TPSA) is 39.4 Å². The number of halogens is 4. The van der Waals surface area contributed by atoms with Gasteiger partial charge in [0.15, 0.2) is 0 Å². The molecule has 1 aromatic heterocycles. The first kappa shape index (κ1) is 24.9. The van der Waals surface area contributed by atoms with Crippen molar-refractivity contribution in [2.75, 3.05) is 25.1 Å². The number of alkyl halides is 3. The van der Waals surface area contributed by atoms with Gasteiger partial charge in [0.05, 0.1) is 36.5 Å².